The minimum Gasteiger partial charge on any atom is -0.354 e. The molecule has 3 amide bonds. The van der Waals surface area contributed by atoms with Crippen molar-refractivity contribution < 1.29 is 70.8 Å². The van der Waals surface area contributed by atoms with Gasteiger partial charge in [0.05, 0.1) is 81.9 Å². The van der Waals surface area contributed by atoms with E-state index >= 15 is 0 Å². The summed E-state index contributed by atoms with van der Waals surface area (Å²) in [6.07, 6.45) is 10.0. The molecule has 0 radical (unpaired) electrons. The number of aromatic amines is 4. The van der Waals surface area contributed by atoms with Gasteiger partial charge in [-0.3, -0.25) is 38.4 Å². The van der Waals surface area contributed by atoms with Crippen molar-refractivity contribution in [1.29, 1.82) is 0 Å². The second kappa shape index (κ2) is 32.6. The Balaban J connectivity index is 0.000000161. The Kier molecular flexibility index (Phi) is 23.2. The summed E-state index contributed by atoms with van der Waals surface area (Å²) < 4.78 is 166. The molecule has 4 aromatic carbocycles. The van der Waals surface area contributed by atoms with Crippen LogP contribution < -0.4 is 40.3 Å². The second-order valence-electron chi connectivity index (χ2n) is 24.3. The molecule has 556 valence electrons. The van der Waals surface area contributed by atoms with Crippen molar-refractivity contribution in [2.45, 2.75) is 47.0 Å². The molecule has 1 saturated heterocycles. The summed E-state index contributed by atoms with van der Waals surface area (Å²) in [5.74, 6) is -10.5. The predicted molar refractivity (Wildman–Crippen MR) is 396 cm³/mol. The van der Waals surface area contributed by atoms with Crippen molar-refractivity contribution in [1.82, 2.24) is 50.4 Å². The molecule has 1 aliphatic heterocycles. The van der Waals surface area contributed by atoms with Gasteiger partial charge in [0.1, 0.15) is 56.9 Å². The number of anilines is 7. The second-order valence-corrected chi connectivity index (χ2v) is 29.8. The van der Waals surface area contributed by atoms with Crippen LogP contribution >= 0.6 is 0 Å². The first-order chi connectivity index (χ1) is 51.1. The number of nitrogens with one attached hydrogen (secondary N) is 11. The van der Waals surface area contributed by atoms with Gasteiger partial charge in [-0.15, -0.1) is 0 Å². The number of hydrogen-bond acceptors (Lipinski definition) is 17. The normalized spacial score (nSPS) is 12.4. The van der Waals surface area contributed by atoms with E-state index in [2.05, 4.69) is 76.0 Å². The van der Waals surface area contributed by atoms with E-state index in [0.717, 1.165) is 102 Å². The Morgan fingerprint density at radius 3 is 1.17 bits per heavy atom. The van der Waals surface area contributed by atoms with Crippen LogP contribution in [0.3, 0.4) is 0 Å². The third-order valence-electron chi connectivity index (χ3n) is 16.3. The highest BCUT2D eigenvalue weighted by atomic mass is 32.2. The number of piperazine rings is 1. The lowest BCUT2D eigenvalue weighted by molar-refractivity contribution is 0.100. The number of H-pyrrole nitrogens is 4. The number of rotatable bonds is 23. The number of benzene rings is 4. The van der Waals surface area contributed by atoms with Crippen LogP contribution in [0, 0.1) is 34.9 Å². The first kappa shape index (κ1) is 76.1. The van der Waals surface area contributed by atoms with Gasteiger partial charge in [-0.2, -0.15) is 5.10 Å². The zero-order chi connectivity index (χ0) is 76.5. The maximum Gasteiger partial charge on any atom is 0.261 e. The number of aromatic nitrogens is 9. The number of nitrogens with zero attached hydrogens (tertiary/aromatic N) is 6. The highest BCUT2D eigenvalue weighted by Crippen LogP contribution is 2.32. The summed E-state index contributed by atoms with van der Waals surface area (Å²) >= 11 is 0. The van der Waals surface area contributed by atoms with Gasteiger partial charge in [0.25, 0.3) is 17.7 Å². The first-order valence-electron chi connectivity index (χ1n) is 33.0. The molecule has 0 unspecified atom stereocenters. The summed E-state index contributed by atoms with van der Waals surface area (Å²) in [5, 5.41) is 19.1. The molecule has 0 bridgehead atoms. The quantitative estimate of drug-likeness (QED) is 0.0209. The van der Waals surface area contributed by atoms with Crippen LogP contribution in [0.5, 0.6) is 0 Å². The van der Waals surface area contributed by atoms with Crippen molar-refractivity contribution in [2.24, 2.45) is 0 Å². The van der Waals surface area contributed by atoms with Gasteiger partial charge in [-0.1, -0.05) is 45.0 Å². The fourth-order valence-corrected chi connectivity index (χ4v) is 14.6. The summed E-state index contributed by atoms with van der Waals surface area (Å²) in [5.41, 5.74) is 3.24. The minimum atomic E-state index is -3.85. The van der Waals surface area contributed by atoms with E-state index in [1.54, 1.807) is 94.0 Å². The van der Waals surface area contributed by atoms with Crippen molar-refractivity contribution in [3.05, 3.63) is 204 Å². The lowest BCUT2D eigenvalue weighted by atomic mass is 10.1. The van der Waals surface area contributed by atoms with Crippen LogP contribution in [0.1, 0.15) is 88.4 Å². The van der Waals surface area contributed by atoms with Crippen molar-refractivity contribution >= 4 is 127 Å². The molecular weight excluding hydrogens is 1460 g/mol. The van der Waals surface area contributed by atoms with E-state index in [9.17, 15) is 70.8 Å². The predicted octanol–water partition coefficient (Wildman–Crippen LogP) is 12.5. The van der Waals surface area contributed by atoms with Gasteiger partial charge in [0, 0.05) is 82.8 Å². The van der Waals surface area contributed by atoms with Crippen LogP contribution in [0.25, 0.3) is 66.9 Å². The molecule has 13 rings (SSSR count). The molecule has 27 nitrogen and oxygen atoms in total. The molecule has 8 aromatic heterocycles. The standard InChI is InChI=1S/C26H27F2N7O3S.C25H22F2N4O4S.C20H18F2N6O3S/c1-2-11-39(37,38)34-20-5-4-19(27)23(24(20)28)26(36)32-18-12-17-13-21(33-25(17)31-15-18)16-3-6-22(30-14-16)35-9-7-29-8-10-35;1-3-10-36(34,35)31-20-9-8-19(26)22(23(20)27)25(33)29-18-11-17-12-21(30-24(17)28-13-18)16-6-4-15(5-7-16)14(2)32;1-2-5-32(30,31)28-15-4-3-14(21)17(18(15)22)20(29)26-13-6-11-7-16(12-8-24-25-9-12)27-19(11)23-10-13/h3-6,12-15,29,34H,2,7-11H2,1H3,(H,31,33)(H,32,36);4-9,11-13,31H,3,10H2,1-2H3,(H,28,30)(H,29,33);3-4,6-10,28H,2,5H2,1H3,(H,23,27)(H,24,25)(H,26,29). The summed E-state index contributed by atoms with van der Waals surface area (Å²) in [6, 6.07) is 26.4. The largest absolute Gasteiger partial charge is 0.354 e. The van der Waals surface area contributed by atoms with Crippen molar-refractivity contribution in [3.63, 3.8) is 0 Å². The number of Topliss-reactive ketones (excluding diaryl/α,β-unsaturated/α-hetero) is 1. The smallest absolute Gasteiger partial charge is 0.261 e. The Morgan fingerprint density at radius 1 is 0.449 bits per heavy atom. The Bertz CT molecular complexity index is 5710. The topological polar surface area (TPSA) is 386 Å². The van der Waals surface area contributed by atoms with Crippen LogP contribution in [0.2, 0.25) is 0 Å². The molecule has 9 heterocycles. The number of halogens is 6. The molecule has 0 saturated carbocycles. The van der Waals surface area contributed by atoms with E-state index in [4.69, 9.17) is 0 Å². The Hall–Kier alpha value is -12.0. The molecule has 107 heavy (non-hydrogen) atoms. The highest BCUT2D eigenvalue weighted by molar-refractivity contribution is 7.93. The van der Waals surface area contributed by atoms with Crippen molar-refractivity contribution in [3.8, 4) is 33.8 Å². The number of fused-ring (bicyclic) bond motifs is 3. The molecular formula is C71H67F6N17O10S3. The van der Waals surface area contributed by atoms with Crippen LogP contribution in [-0.4, -0.2) is 137 Å². The number of hydrogen-bond donors (Lipinski definition) is 11. The third kappa shape index (κ3) is 18.4. The maximum atomic E-state index is 15.0. The highest BCUT2D eigenvalue weighted by Gasteiger charge is 2.28. The lowest BCUT2D eigenvalue weighted by Gasteiger charge is -2.28. The number of sulfonamides is 3. The van der Waals surface area contributed by atoms with Crippen molar-refractivity contribution in [2.75, 3.05) is 78.5 Å². The SMILES string of the molecule is CCCS(=O)(=O)Nc1ccc(F)c(C(=O)Nc2cnc3[nH]c(-c4ccc(C(C)=O)cc4)cc3c2)c1F.CCCS(=O)(=O)Nc1ccc(F)c(C(=O)Nc2cnc3[nH]c(-c4ccc(N5CCNCC5)nc4)cc3c2)c1F.CCCS(=O)(=O)Nc1ccc(F)c(C(=O)Nc2cnc3[nH]c(-c4cn[nH]c4)cc3c2)c1F. The number of ketones is 1. The maximum absolute atomic E-state index is 15.0. The number of carbonyl (C=O) groups excluding carboxylic acids is 4. The average Bonchev–Trinajstić information content (AvgIpc) is 1.79. The van der Waals surface area contributed by atoms with Crippen LogP contribution in [0.15, 0.2) is 146 Å². The number of pyridine rings is 4. The molecule has 11 N–H and O–H groups in total. The van der Waals surface area contributed by atoms with E-state index < -0.39 is 116 Å². The van der Waals surface area contributed by atoms with Crippen LogP contribution in [-0.2, 0) is 30.1 Å². The molecule has 12 aromatic rings. The molecule has 0 spiro atoms. The van der Waals surface area contributed by atoms with Gasteiger partial charge in [0.15, 0.2) is 23.2 Å². The number of carbonyl (C=O) groups is 4. The van der Waals surface area contributed by atoms with E-state index in [-0.39, 0.29) is 40.1 Å². The van der Waals surface area contributed by atoms with Crippen LogP contribution in [0.4, 0.5) is 66.3 Å². The molecule has 1 aliphatic rings. The first-order valence-corrected chi connectivity index (χ1v) is 37.9. The number of amides is 3. The van der Waals surface area contributed by atoms with Gasteiger partial charge in [0.2, 0.25) is 30.1 Å². The van der Waals surface area contributed by atoms with E-state index in [0.29, 0.717) is 57.9 Å². The van der Waals surface area contributed by atoms with Gasteiger partial charge >= 0.3 is 0 Å². The van der Waals surface area contributed by atoms with Gasteiger partial charge in [-0.05, 0) is 117 Å². The summed E-state index contributed by atoms with van der Waals surface area (Å²) in [7, 11) is -11.5. The molecule has 0 aliphatic carbocycles. The Labute approximate surface area is 607 Å². The summed E-state index contributed by atoms with van der Waals surface area (Å²) in [4.78, 5) is 78.6. The van der Waals surface area contributed by atoms with Gasteiger partial charge < -0.3 is 41.1 Å². The van der Waals surface area contributed by atoms with Gasteiger partial charge in [-0.25, -0.2) is 71.5 Å². The lowest BCUT2D eigenvalue weighted by Crippen LogP contribution is -2.43. The average molecular weight is 1530 g/mol. The van der Waals surface area contributed by atoms with E-state index in [1.807, 2.05) is 27.6 Å². The molecule has 0 atom stereocenters. The zero-order valence-electron chi connectivity index (χ0n) is 57.2. The third-order valence-corrected chi connectivity index (χ3v) is 20.7. The monoisotopic (exact) mass is 1530 g/mol. The minimum absolute atomic E-state index is 0.0444. The summed E-state index contributed by atoms with van der Waals surface area (Å²) in [6.45, 7) is 10.0. The zero-order valence-corrected chi connectivity index (χ0v) is 59.6. The fourth-order valence-electron chi connectivity index (χ4n) is 11.2. The molecule has 36 heteroatoms. The Morgan fingerprint density at radius 2 is 0.822 bits per heavy atom. The fraction of sp³-hybridized carbons (Fsp3) is 0.197. The van der Waals surface area contributed by atoms with E-state index in [1.165, 1.54) is 25.5 Å². The molecule has 1 fully saturated rings.